The third-order valence-electron chi connectivity index (χ3n) is 4.37. The first-order chi connectivity index (χ1) is 11.3. The molecule has 1 fully saturated rings. The summed E-state index contributed by atoms with van der Waals surface area (Å²) in [6.07, 6.45) is 7.81. The van der Waals surface area contributed by atoms with Crippen LogP contribution in [0.3, 0.4) is 0 Å². The second-order valence-electron chi connectivity index (χ2n) is 5.98. The van der Waals surface area contributed by atoms with Gasteiger partial charge in [-0.1, -0.05) is 6.42 Å². The molecule has 1 aromatic carbocycles. The van der Waals surface area contributed by atoms with Crippen molar-refractivity contribution in [2.75, 3.05) is 27.3 Å². The van der Waals surface area contributed by atoms with Crippen LogP contribution in [0.15, 0.2) is 36.7 Å². The normalized spacial score (nSPS) is 15.4. The highest BCUT2D eigenvalue weighted by atomic mass is 16.5. The van der Waals surface area contributed by atoms with Gasteiger partial charge in [0, 0.05) is 30.1 Å². The number of pyridine rings is 1. The summed E-state index contributed by atoms with van der Waals surface area (Å²) in [5, 5.41) is 0. The summed E-state index contributed by atoms with van der Waals surface area (Å²) in [7, 11) is 3.37. The van der Waals surface area contributed by atoms with Gasteiger partial charge in [-0.3, -0.25) is 9.88 Å². The number of hydrogen-bond acceptors (Lipinski definition) is 4. The van der Waals surface area contributed by atoms with Crippen molar-refractivity contribution in [3.8, 4) is 22.6 Å². The zero-order valence-corrected chi connectivity index (χ0v) is 13.9. The van der Waals surface area contributed by atoms with Crippen LogP contribution in [-0.4, -0.2) is 37.2 Å². The summed E-state index contributed by atoms with van der Waals surface area (Å²) in [5.74, 6) is 1.66. The van der Waals surface area contributed by atoms with Crippen LogP contribution < -0.4 is 9.47 Å². The zero-order valence-electron chi connectivity index (χ0n) is 13.9. The monoisotopic (exact) mass is 312 g/mol. The van der Waals surface area contributed by atoms with Gasteiger partial charge in [0.25, 0.3) is 0 Å². The van der Waals surface area contributed by atoms with Crippen molar-refractivity contribution >= 4 is 0 Å². The molecule has 1 saturated heterocycles. The predicted octanol–water partition coefficient (Wildman–Crippen LogP) is 3.75. The fourth-order valence-corrected chi connectivity index (χ4v) is 3.14. The molecule has 0 saturated carbocycles. The number of methoxy groups -OCH3 is 2. The summed E-state index contributed by atoms with van der Waals surface area (Å²) in [6.45, 7) is 3.34. The fraction of sp³-hybridized carbons (Fsp3) is 0.421. The Morgan fingerprint density at radius 3 is 2.57 bits per heavy atom. The van der Waals surface area contributed by atoms with Crippen LogP contribution in [0.25, 0.3) is 11.1 Å². The Balaban J connectivity index is 1.86. The van der Waals surface area contributed by atoms with Crippen LogP contribution >= 0.6 is 0 Å². The SMILES string of the molecule is COc1ccc(OC)c(-c2cncc(CN3CCCCC3)c2)c1. The minimum atomic E-state index is 0.822. The average molecular weight is 312 g/mol. The van der Waals surface area contributed by atoms with E-state index in [1.165, 1.54) is 37.9 Å². The number of aromatic nitrogens is 1. The number of benzene rings is 1. The Morgan fingerprint density at radius 1 is 1.00 bits per heavy atom. The van der Waals surface area contributed by atoms with Gasteiger partial charge in [0.2, 0.25) is 0 Å². The van der Waals surface area contributed by atoms with E-state index in [0.717, 1.165) is 29.2 Å². The Hall–Kier alpha value is -2.07. The van der Waals surface area contributed by atoms with Crippen LogP contribution in [0.4, 0.5) is 0 Å². The van der Waals surface area contributed by atoms with Crippen molar-refractivity contribution < 1.29 is 9.47 Å². The molecule has 0 atom stereocenters. The van der Waals surface area contributed by atoms with Crippen molar-refractivity contribution in [3.05, 3.63) is 42.2 Å². The van der Waals surface area contributed by atoms with E-state index in [1.54, 1.807) is 14.2 Å². The lowest BCUT2D eigenvalue weighted by Crippen LogP contribution is -2.29. The molecule has 2 aromatic rings. The Morgan fingerprint density at radius 2 is 1.83 bits per heavy atom. The number of hydrogen-bond donors (Lipinski definition) is 0. The molecule has 0 N–H and O–H groups in total. The largest absolute Gasteiger partial charge is 0.497 e. The number of nitrogens with zero attached hydrogens (tertiary/aromatic N) is 2. The van der Waals surface area contributed by atoms with Gasteiger partial charge in [-0.05, 0) is 55.8 Å². The molecule has 4 nitrogen and oxygen atoms in total. The van der Waals surface area contributed by atoms with E-state index in [2.05, 4.69) is 16.0 Å². The van der Waals surface area contributed by atoms with E-state index < -0.39 is 0 Å². The van der Waals surface area contributed by atoms with Crippen molar-refractivity contribution in [1.29, 1.82) is 0 Å². The highest BCUT2D eigenvalue weighted by Gasteiger charge is 2.13. The number of piperidine rings is 1. The fourth-order valence-electron chi connectivity index (χ4n) is 3.14. The van der Waals surface area contributed by atoms with Gasteiger partial charge in [0.1, 0.15) is 11.5 Å². The molecule has 1 aromatic heterocycles. The first-order valence-corrected chi connectivity index (χ1v) is 8.19. The maximum absolute atomic E-state index is 5.50. The first kappa shape index (κ1) is 15.8. The Labute approximate surface area is 138 Å². The Bertz CT molecular complexity index is 652. The molecule has 0 aliphatic carbocycles. The summed E-state index contributed by atoms with van der Waals surface area (Å²) < 4.78 is 10.8. The van der Waals surface area contributed by atoms with Crippen molar-refractivity contribution in [2.45, 2.75) is 25.8 Å². The van der Waals surface area contributed by atoms with Gasteiger partial charge in [0.05, 0.1) is 14.2 Å². The number of ether oxygens (including phenoxy) is 2. The smallest absolute Gasteiger partial charge is 0.127 e. The molecular formula is C19H24N2O2. The van der Waals surface area contributed by atoms with Gasteiger partial charge in [-0.15, -0.1) is 0 Å². The van der Waals surface area contributed by atoms with Crippen LogP contribution in [0, 0.1) is 0 Å². The predicted molar refractivity (Wildman–Crippen MR) is 91.9 cm³/mol. The maximum Gasteiger partial charge on any atom is 0.127 e. The molecule has 0 radical (unpaired) electrons. The van der Waals surface area contributed by atoms with Crippen molar-refractivity contribution in [2.24, 2.45) is 0 Å². The molecule has 2 heterocycles. The lowest BCUT2D eigenvalue weighted by molar-refractivity contribution is 0.220. The van der Waals surface area contributed by atoms with E-state index >= 15 is 0 Å². The van der Waals surface area contributed by atoms with E-state index in [4.69, 9.17) is 9.47 Å². The standard InChI is InChI=1S/C19H24N2O2/c1-22-17-6-7-19(23-2)18(11-17)16-10-15(12-20-13-16)14-21-8-4-3-5-9-21/h6-7,10-13H,3-5,8-9,14H2,1-2H3. The van der Waals surface area contributed by atoms with Gasteiger partial charge in [-0.2, -0.15) is 0 Å². The van der Waals surface area contributed by atoms with Crippen LogP contribution in [-0.2, 0) is 6.54 Å². The molecule has 1 aliphatic heterocycles. The van der Waals surface area contributed by atoms with Gasteiger partial charge in [-0.25, -0.2) is 0 Å². The topological polar surface area (TPSA) is 34.6 Å². The summed E-state index contributed by atoms with van der Waals surface area (Å²) in [5.41, 5.74) is 3.32. The van der Waals surface area contributed by atoms with Crippen LogP contribution in [0.5, 0.6) is 11.5 Å². The third-order valence-corrected chi connectivity index (χ3v) is 4.37. The van der Waals surface area contributed by atoms with E-state index in [-0.39, 0.29) is 0 Å². The average Bonchev–Trinajstić information content (AvgIpc) is 2.62. The molecule has 1 aliphatic rings. The molecular weight excluding hydrogens is 288 g/mol. The number of likely N-dealkylation sites (tertiary alicyclic amines) is 1. The number of rotatable bonds is 5. The molecule has 4 heteroatoms. The highest BCUT2D eigenvalue weighted by Crippen LogP contribution is 2.33. The third kappa shape index (κ3) is 3.82. The van der Waals surface area contributed by atoms with Gasteiger partial charge < -0.3 is 9.47 Å². The lowest BCUT2D eigenvalue weighted by Gasteiger charge is -2.26. The second-order valence-corrected chi connectivity index (χ2v) is 5.98. The highest BCUT2D eigenvalue weighted by molar-refractivity contribution is 5.71. The lowest BCUT2D eigenvalue weighted by atomic mass is 10.0. The van der Waals surface area contributed by atoms with E-state index in [9.17, 15) is 0 Å². The minimum absolute atomic E-state index is 0.822. The van der Waals surface area contributed by atoms with E-state index in [0.29, 0.717) is 0 Å². The van der Waals surface area contributed by atoms with Crippen LogP contribution in [0.2, 0.25) is 0 Å². The van der Waals surface area contributed by atoms with Crippen molar-refractivity contribution in [3.63, 3.8) is 0 Å². The molecule has 0 bridgehead atoms. The quantitative estimate of drug-likeness (QED) is 0.842. The van der Waals surface area contributed by atoms with Gasteiger partial charge in [0.15, 0.2) is 0 Å². The van der Waals surface area contributed by atoms with Crippen molar-refractivity contribution in [1.82, 2.24) is 9.88 Å². The molecule has 23 heavy (non-hydrogen) atoms. The first-order valence-electron chi connectivity index (χ1n) is 8.19. The molecule has 0 spiro atoms. The molecule has 0 amide bonds. The molecule has 3 rings (SSSR count). The van der Waals surface area contributed by atoms with E-state index in [1.807, 2.05) is 30.6 Å². The molecule has 0 unspecified atom stereocenters. The van der Waals surface area contributed by atoms with Gasteiger partial charge >= 0.3 is 0 Å². The Kier molecular flexibility index (Phi) is 5.13. The minimum Gasteiger partial charge on any atom is -0.497 e. The van der Waals surface area contributed by atoms with Crippen LogP contribution in [0.1, 0.15) is 24.8 Å². The molecule has 122 valence electrons. The maximum atomic E-state index is 5.50. The zero-order chi connectivity index (χ0) is 16.1. The second kappa shape index (κ2) is 7.47. The summed E-state index contributed by atoms with van der Waals surface area (Å²) >= 11 is 0. The summed E-state index contributed by atoms with van der Waals surface area (Å²) in [4.78, 5) is 6.94. The summed E-state index contributed by atoms with van der Waals surface area (Å²) in [6, 6.07) is 8.05.